The van der Waals surface area contributed by atoms with Crippen LogP contribution in [0.2, 0.25) is 5.02 Å². The van der Waals surface area contributed by atoms with Gasteiger partial charge in [-0.25, -0.2) is 13.1 Å². The lowest BCUT2D eigenvalue weighted by Gasteiger charge is -2.13. The van der Waals surface area contributed by atoms with Gasteiger partial charge in [-0.05, 0) is 49.4 Å². The van der Waals surface area contributed by atoms with Gasteiger partial charge in [0.15, 0.2) is 0 Å². The number of nitrogens with one attached hydrogen (secondary N) is 2. The molecule has 2 rings (SSSR count). The highest BCUT2D eigenvalue weighted by Crippen LogP contribution is 2.36. The van der Waals surface area contributed by atoms with Crippen molar-refractivity contribution >= 4 is 21.6 Å². The molecule has 0 heterocycles. The van der Waals surface area contributed by atoms with Crippen LogP contribution in [0.25, 0.3) is 0 Å². The van der Waals surface area contributed by atoms with Crippen LogP contribution in [0.3, 0.4) is 0 Å². The molecule has 0 aliphatic heterocycles. The Morgan fingerprint density at radius 1 is 1.40 bits per heavy atom. The summed E-state index contributed by atoms with van der Waals surface area (Å²) in [5, 5.41) is 3.26. The summed E-state index contributed by atoms with van der Waals surface area (Å²) in [7, 11) is -1.72. The average Bonchev–Trinajstić information content (AvgIpc) is 3.23. The number of halogens is 1. The van der Waals surface area contributed by atoms with Gasteiger partial charge >= 0.3 is 0 Å². The van der Waals surface area contributed by atoms with E-state index in [1.807, 2.05) is 13.1 Å². The molecule has 4 nitrogen and oxygen atoms in total. The standard InChI is InChI=1S/C14H21ClN2O2S/c1-10(12-4-5-12)8-17-20(18,19)14-7-11(9-16-2)3-6-13(14)15/h3,6-7,10,12,16-17H,4-5,8-9H2,1-2H3. The topological polar surface area (TPSA) is 58.2 Å². The van der Waals surface area contributed by atoms with Crippen LogP contribution in [0.4, 0.5) is 0 Å². The second-order valence-electron chi connectivity index (χ2n) is 5.46. The van der Waals surface area contributed by atoms with Crippen molar-refractivity contribution in [2.45, 2.75) is 31.2 Å². The molecule has 1 unspecified atom stereocenters. The number of sulfonamides is 1. The van der Waals surface area contributed by atoms with Crippen LogP contribution in [-0.4, -0.2) is 22.0 Å². The van der Waals surface area contributed by atoms with Crippen LogP contribution in [0.15, 0.2) is 23.1 Å². The first-order valence-electron chi connectivity index (χ1n) is 6.86. The number of rotatable bonds is 7. The van der Waals surface area contributed by atoms with Gasteiger partial charge in [0.1, 0.15) is 4.90 Å². The fourth-order valence-corrected chi connectivity index (χ4v) is 3.91. The molecule has 0 radical (unpaired) electrons. The summed E-state index contributed by atoms with van der Waals surface area (Å²) in [6.45, 7) is 3.16. The molecule has 0 bridgehead atoms. The third-order valence-electron chi connectivity index (χ3n) is 3.69. The first-order valence-corrected chi connectivity index (χ1v) is 8.73. The Kier molecular flexibility index (Phi) is 5.07. The molecule has 2 N–H and O–H groups in total. The van der Waals surface area contributed by atoms with Crippen molar-refractivity contribution in [1.82, 2.24) is 10.0 Å². The molecule has 0 saturated heterocycles. The molecule has 0 spiro atoms. The van der Waals surface area contributed by atoms with Crippen molar-refractivity contribution in [3.05, 3.63) is 28.8 Å². The number of hydrogen-bond acceptors (Lipinski definition) is 3. The highest BCUT2D eigenvalue weighted by Gasteiger charge is 2.29. The zero-order valence-electron chi connectivity index (χ0n) is 11.8. The summed E-state index contributed by atoms with van der Waals surface area (Å²) in [6.07, 6.45) is 2.42. The van der Waals surface area contributed by atoms with Gasteiger partial charge in [0.05, 0.1) is 5.02 Å². The fourth-order valence-electron chi connectivity index (χ4n) is 2.22. The predicted molar refractivity (Wildman–Crippen MR) is 81.3 cm³/mol. The summed E-state index contributed by atoms with van der Waals surface area (Å²) < 4.78 is 27.4. The minimum atomic E-state index is -3.54. The maximum Gasteiger partial charge on any atom is 0.242 e. The molecule has 1 aromatic rings. The van der Waals surface area contributed by atoms with E-state index in [1.165, 1.54) is 12.8 Å². The minimum absolute atomic E-state index is 0.162. The van der Waals surface area contributed by atoms with E-state index in [1.54, 1.807) is 12.1 Å². The lowest BCUT2D eigenvalue weighted by atomic mass is 10.1. The number of benzene rings is 1. The summed E-state index contributed by atoms with van der Waals surface area (Å²) in [6, 6.07) is 5.08. The van der Waals surface area contributed by atoms with Gasteiger partial charge in [-0.3, -0.25) is 0 Å². The molecule has 0 aromatic heterocycles. The van der Waals surface area contributed by atoms with Crippen LogP contribution in [0.5, 0.6) is 0 Å². The minimum Gasteiger partial charge on any atom is -0.316 e. The van der Waals surface area contributed by atoms with E-state index in [2.05, 4.69) is 17.0 Å². The maximum absolute atomic E-state index is 12.3. The van der Waals surface area contributed by atoms with Crippen LogP contribution in [0.1, 0.15) is 25.3 Å². The van der Waals surface area contributed by atoms with E-state index in [-0.39, 0.29) is 9.92 Å². The second kappa shape index (κ2) is 6.43. The van der Waals surface area contributed by atoms with Crippen molar-refractivity contribution in [2.75, 3.05) is 13.6 Å². The van der Waals surface area contributed by atoms with E-state index in [0.717, 1.165) is 5.56 Å². The molecule has 0 amide bonds. The monoisotopic (exact) mass is 316 g/mol. The van der Waals surface area contributed by atoms with Crippen LogP contribution in [-0.2, 0) is 16.6 Å². The van der Waals surface area contributed by atoms with E-state index >= 15 is 0 Å². The van der Waals surface area contributed by atoms with E-state index in [0.29, 0.717) is 24.9 Å². The van der Waals surface area contributed by atoms with Crippen LogP contribution >= 0.6 is 11.6 Å². The molecule has 1 fully saturated rings. The lowest BCUT2D eigenvalue weighted by molar-refractivity contribution is 0.492. The molecule has 6 heteroatoms. The van der Waals surface area contributed by atoms with Gasteiger partial charge in [-0.2, -0.15) is 0 Å². The number of hydrogen-bond donors (Lipinski definition) is 2. The van der Waals surface area contributed by atoms with Crippen molar-refractivity contribution in [2.24, 2.45) is 11.8 Å². The summed E-state index contributed by atoms with van der Waals surface area (Å²) in [5.74, 6) is 1.05. The molecule has 1 aliphatic rings. The average molecular weight is 317 g/mol. The fraction of sp³-hybridized carbons (Fsp3) is 0.571. The Labute approximate surface area is 126 Å². The highest BCUT2D eigenvalue weighted by atomic mass is 35.5. The molecule has 1 aromatic carbocycles. The van der Waals surface area contributed by atoms with Crippen molar-refractivity contribution in [1.29, 1.82) is 0 Å². The zero-order valence-corrected chi connectivity index (χ0v) is 13.4. The normalized spacial score (nSPS) is 17.1. The first-order chi connectivity index (χ1) is 9.44. The Bertz CT molecular complexity index is 571. The Hall–Kier alpha value is -0.620. The van der Waals surface area contributed by atoms with Crippen LogP contribution < -0.4 is 10.0 Å². The van der Waals surface area contributed by atoms with Crippen molar-refractivity contribution in [3.8, 4) is 0 Å². The molecule has 1 saturated carbocycles. The summed E-state index contributed by atoms with van der Waals surface area (Å²) >= 11 is 6.03. The third kappa shape index (κ3) is 3.95. The molecule has 1 atom stereocenters. The lowest BCUT2D eigenvalue weighted by Crippen LogP contribution is -2.29. The van der Waals surface area contributed by atoms with Crippen LogP contribution in [0, 0.1) is 11.8 Å². The third-order valence-corrected chi connectivity index (χ3v) is 5.59. The van der Waals surface area contributed by atoms with E-state index < -0.39 is 10.0 Å². The zero-order chi connectivity index (χ0) is 14.8. The first kappa shape index (κ1) is 15.8. The highest BCUT2D eigenvalue weighted by molar-refractivity contribution is 7.89. The SMILES string of the molecule is CNCc1ccc(Cl)c(S(=O)(=O)NCC(C)C2CC2)c1. The molecule has 112 valence electrons. The van der Waals surface area contributed by atoms with Crippen molar-refractivity contribution < 1.29 is 8.42 Å². The Balaban J connectivity index is 2.12. The van der Waals surface area contributed by atoms with E-state index in [9.17, 15) is 8.42 Å². The quantitative estimate of drug-likeness (QED) is 0.812. The smallest absolute Gasteiger partial charge is 0.242 e. The molecular formula is C14H21ClN2O2S. The van der Waals surface area contributed by atoms with Crippen molar-refractivity contribution in [3.63, 3.8) is 0 Å². The van der Waals surface area contributed by atoms with Gasteiger partial charge in [0.2, 0.25) is 10.0 Å². The predicted octanol–water partition coefficient (Wildman–Crippen LogP) is 2.38. The van der Waals surface area contributed by atoms with E-state index in [4.69, 9.17) is 11.6 Å². The summed E-state index contributed by atoms with van der Waals surface area (Å²) in [4.78, 5) is 0.162. The maximum atomic E-state index is 12.3. The summed E-state index contributed by atoms with van der Waals surface area (Å²) in [5.41, 5.74) is 0.896. The second-order valence-corrected chi connectivity index (χ2v) is 7.60. The Morgan fingerprint density at radius 3 is 2.70 bits per heavy atom. The molecule has 20 heavy (non-hydrogen) atoms. The van der Waals surface area contributed by atoms with Gasteiger partial charge in [0.25, 0.3) is 0 Å². The Morgan fingerprint density at radius 2 is 2.10 bits per heavy atom. The molecular weight excluding hydrogens is 296 g/mol. The van der Waals surface area contributed by atoms with Gasteiger partial charge in [-0.15, -0.1) is 0 Å². The van der Waals surface area contributed by atoms with Gasteiger partial charge in [0, 0.05) is 13.1 Å². The van der Waals surface area contributed by atoms with Gasteiger partial charge in [-0.1, -0.05) is 24.6 Å². The largest absolute Gasteiger partial charge is 0.316 e. The molecule has 1 aliphatic carbocycles. The van der Waals surface area contributed by atoms with Gasteiger partial charge < -0.3 is 5.32 Å².